The maximum Gasteiger partial charge on any atom is 0.270 e. The predicted molar refractivity (Wildman–Crippen MR) is 153 cm³/mol. The molecule has 2 N–H and O–H groups in total. The van der Waals surface area contributed by atoms with Gasteiger partial charge < -0.3 is 20.1 Å². The highest BCUT2D eigenvalue weighted by atomic mass is 79.9. The SMILES string of the molecule is CC(C)C.CN(CC(=O)N1CC(C(=O)Nc2ccccc2)CC1C#N)C(=O)c1cc2c(Br)ccc(Cl)c2[nH]1. The monoisotopic (exact) mass is 599 g/mol. The molecule has 0 spiro atoms. The van der Waals surface area contributed by atoms with Crippen LogP contribution in [0.1, 0.15) is 37.7 Å². The lowest BCUT2D eigenvalue weighted by atomic mass is 10.1. The number of amides is 3. The average Bonchev–Trinajstić information content (AvgIpc) is 3.52. The molecule has 1 fully saturated rings. The number of H-pyrrole nitrogens is 1. The number of hydrogen-bond donors (Lipinski definition) is 2. The second-order valence-corrected chi connectivity index (χ2v) is 11.1. The number of halogens is 2. The molecule has 0 radical (unpaired) electrons. The molecule has 200 valence electrons. The van der Waals surface area contributed by atoms with Gasteiger partial charge in [-0.15, -0.1) is 0 Å². The number of fused-ring (bicyclic) bond motifs is 1. The van der Waals surface area contributed by atoms with Crippen molar-refractivity contribution in [3.63, 3.8) is 0 Å². The standard InChI is InChI=1S/C24H21BrClN5O3.C4H10/c1-30(24(34)20-10-17-18(25)7-8-19(26)22(17)29-20)13-21(32)31-12-14(9-16(31)11-27)23(33)28-15-5-3-2-4-6-15;1-4(2)3/h2-8,10,14,16,29H,9,12-13H2,1H3,(H,28,33);4H,1-3H3. The van der Waals surface area contributed by atoms with Gasteiger partial charge in [0.2, 0.25) is 11.8 Å². The van der Waals surface area contributed by atoms with Gasteiger partial charge in [0.25, 0.3) is 5.91 Å². The molecule has 3 aromatic rings. The van der Waals surface area contributed by atoms with Gasteiger partial charge >= 0.3 is 0 Å². The molecule has 2 heterocycles. The molecule has 10 heteroatoms. The normalized spacial score (nSPS) is 16.5. The summed E-state index contributed by atoms with van der Waals surface area (Å²) in [6.45, 7) is 6.39. The zero-order valence-corrected chi connectivity index (χ0v) is 24.1. The largest absolute Gasteiger partial charge is 0.349 e. The van der Waals surface area contributed by atoms with Gasteiger partial charge in [0, 0.05) is 29.1 Å². The summed E-state index contributed by atoms with van der Waals surface area (Å²) >= 11 is 9.66. The topological polar surface area (TPSA) is 109 Å². The fourth-order valence-electron chi connectivity index (χ4n) is 4.03. The number of carbonyl (C=O) groups is 3. The van der Waals surface area contributed by atoms with Crippen molar-refractivity contribution >= 4 is 61.8 Å². The molecular weight excluding hydrogens is 570 g/mol. The highest BCUT2D eigenvalue weighted by Crippen LogP contribution is 2.31. The number of anilines is 1. The summed E-state index contributed by atoms with van der Waals surface area (Å²) < 4.78 is 0.787. The van der Waals surface area contributed by atoms with E-state index in [-0.39, 0.29) is 31.1 Å². The molecule has 4 rings (SSSR count). The van der Waals surface area contributed by atoms with E-state index in [9.17, 15) is 19.6 Å². The lowest BCUT2D eigenvalue weighted by Crippen LogP contribution is -2.43. The minimum absolute atomic E-state index is 0.118. The third kappa shape index (κ3) is 7.15. The van der Waals surface area contributed by atoms with Gasteiger partial charge in [-0.25, -0.2) is 0 Å². The number of aromatic nitrogens is 1. The van der Waals surface area contributed by atoms with Crippen molar-refractivity contribution in [2.24, 2.45) is 11.8 Å². The molecule has 1 saturated heterocycles. The predicted octanol–water partition coefficient (Wildman–Crippen LogP) is 5.70. The Balaban J connectivity index is 0.000000934. The van der Waals surface area contributed by atoms with Crippen molar-refractivity contribution in [2.45, 2.75) is 33.2 Å². The number of nitriles is 1. The van der Waals surface area contributed by atoms with E-state index in [0.29, 0.717) is 16.2 Å². The first-order valence-electron chi connectivity index (χ1n) is 12.3. The summed E-state index contributed by atoms with van der Waals surface area (Å²) in [6.07, 6.45) is 0.243. The maximum absolute atomic E-state index is 13.0. The lowest BCUT2D eigenvalue weighted by molar-refractivity contribution is -0.131. The summed E-state index contributed by atoms with van der Waals surface area (Å²) in [7, 11) is 1.51. The highest BCUT2D eigenvalue weighted by Gasteiger charge is 2.39. The van der Waals surface area contributed by atoms with Crippen molar-refractivity contribution in [1.29, 1.82) is 5.26 Å². The van der Waals surface area contributed by atoms with E-state index in [1.54, 1.807) is 30.3 Å². The third-order valence-corrected chi connectivity index (χ3v) is 6.83. The van der Waals surface area contributed by atoms with Crippen LogP contribution in [0.3, 0.4) is 0 Å². The van der Waals surface area contributed by atoms with Crippen LogP contribution >= 0.6 is 27.5 Å². The molecule has 0 bridgehead atoms. The summed E-state index contributed by atoms with van der Waals surface area (Å²) in [5.41, 5.74) is 1.56. The fraction of sp³-hybridized carbons (Fsp3) is 0.357. The van der Waals surface area contributed by atoms with Crippen LogP contribution in [0.4, 0.5) is 5.69 Å². The van der Waals surface area contributed by atoms with Gasteiger partial charge in [0.05, 0.1) is 29.1 Å². The van der Waals surface area contributed by atoms with E-state index in [0.717, 1.165) is 15.8 Å². The molecule has 2 aromatic carbocycles. The summed E-state index contributed by atoms with van der Waals surface area (Å²) in [4.78, 5) is 44.2. The zero-order chi connectivity index (χ0) is 28.0. The number of para-hydroxylation sites is 1. The van der Waals surface area contributed by atoms with E-state index in [2.05, 4.69) is 53.1 Å². The first-order chi connectivity index (χ1) is 18.0. The number of nitrogens with one attached hydrogen (secondary N) is 2. The van der Waals surface area contributed by atoms with Crippen LogP contribution in [0, 0.1) is 23.2 Å². The number of likely N-dealkylation sites (N-methyl/N-ethyl adjacent to an activating group) is 1. The van der Waals surface area contributed by atoms with E-state index >= 15 is 0 Å². The van der Waals surface area contributed by atoms with Gasteiger partial charge in [0.1, 0.15) is 11.7 Å². The molecular formula is C28H31BrClN5O3. The van der Waals surface area contributed by atoms with Crippen LogP contribution < -0.4 is 5.32 Å². The second-order valence-electron chi connectivity index (χ2n) is 9.87. The minimum Gasteiger partial charge on any atom is -0.349 e. The molecule has 0 saturated carbocycles. The number of hydrogen-bond acceptors (Lipinski definition) is 4. The number of nitrogens with zero attached hydrogens (tertiary/aromatic N) is 3. The summed E-state index contributed by atoms with van der Waals surface area (Å²) in [6, 6.07) is 15.6. The molecule has 2 unspecified atom stereocenters. The molecule has 1 aliphatic heterocycles. The van der Waals surface area contributed by atoms with E-state index in [1.807, 2.05) is 18.2 Å². The van der Waals surface area contributed by atoms with Gasteiger partial charge in [0.15, 0.2) is 0 Å². The van der Waals surface area contributed by atoms with Crippen LogP contribution in [0.25, 0.3) is 10.9 Å². The number of aromatic amines is 1. The second kappa shape index (κ2) is 12.9. The highest BCUT2D eigenvalue weighted by molar-refractivity contribution is 9.10. The Labute approximate surface area is 236 Å². The van der Waals surface area contributed by atoms with Crippen LogP contribution in [-0.2, 0) is 9.59 Å². The molecule has 1 aliphatic rings. The molecule has 3 amide bonds. The smallest absolute Gasteiger partial charge is 0.270 e. The van der Waals surface area contributed by atoms with Crippen molar-refractivity contribution in [2.75, 3.05) is 25.5 Å². The number of carbonyl (C=O) groups excluding carboxylic acids is 3. The first-order valence-corrected chi connectivity index (χ1v) is 13.5. The average molecular weight is 601 g/mol. The third-order valence-electron chi connectivity index (χ3n) is 5.82. The number of rotatable bonds is 5. The van der Waals surface area contributed by atoms with Gasteiger partial charge in [-0.05, 0) is 42.7 Å². The Morgan fingerprint density at radius 1 is 1.21 bits per heavy atom. The van der Waals surface area contributed by atoms with Crippen molar-refractivity contribution < 1.29 is 14.4 Å². The summed E-state index contributed by atoms with van der Waals surface area (Å²) in [5, 5.41) is 13.6. The van der Waals surface area contributed by atoms with Crippen LogP contribution in [0.5, 0.6) is 0 Å². The molecule has 8 nitrogen and oxygen atoms in total. The van der Waals surface area contributed by atoms with Gasteiger partial charge in [-0.1, -0.05) is 66.5 Å². The Morgan fingerprint density at radius 2 is 1.87 bits per heavy atom. The Morgan fingerprint density at radius 3 is 2.47 bits per heavy atom. The van der Waals surface area contributed by atoms with E-state index in [4.69, 9.17) is 11.6 Å². The number of benzene rings is 2. The first kappa shape index (κ1) is 29.2. The van der Waals surface area contributed by atoms with Gasteiger partial charge in [-0.2, -0.15) is 5.26 Å². The van der Waals surface area contributed by atoms with Gasteiger partial charge in [-0.3, -0.25) is 14.4 Å². The van der Waals surface area contributed by atoms with Crippen molar-refractivity contribution in [3.8, 4) is 6.07 Å². The molecule has 0 aliphatic carbocycles. The summed E-state index contributed by atoms with van der Waals surface area (Å²) in [5.74, 6) is -0.707. The minimum atomic E-state index is -0.731. The molecule has 2 atom stereocenters. The maximum atomic E-state index is 13.0. The van der Waals surface area contributed by atoms with Crippen molar-refractivity contribution in [3.05, 3.63) is 63.7 Å². The Kier molecular flexibility index (Phi) is 9.95. The quantitative estimate of drug-likeness (QED) is 0.392. The Hall–Kier alpha value is -3.35. The van der Waals surface area contributed by atoms with Crippen LogP contribution in [-0.4, -0.2) is 58.7 Å². The van der Waals surface area contributed by atoms with E-state index in [1.165, 1.54) is 16.8 Å². The van der Waals surface area contributed by atoms with Crippen LogP contribution in [0.15, 0.2) is 53.0 Å². The zero-order valence-electron chi connectivity index (χ0n) is 21.8. The van der Waals surface area contributed by atoms with Crippen molar-refractivity contribution in [1.82, 2.24) is 14.8 Å². The van der Waals surface area contributed by atoms with Crippen LogP contribution in [0.2, 0.25) is 5.02 Å². The molecule has 1 aromatic heterocycles. The van der Waals surface area contributed by atoms with E-state index < -0.39 is 23.8 Å². The molecule has 38 heavy (non-hydrogen) atoms. The lowest BCUT2D eigenvalue weighted by Gasteiger charge is -2.23. The fourth-order valence-corrected chi connectivity index (χ4v) is 4.68. The number of likely N-dealkylation sites (tertiary alicyclic amines) is 1. The Bertz CT molecular complexity index is 1310.